The van der Waals surface area contributed by atoms with Gasteiger partial charge in [0.1, 0.15) is 5.75 Å². The van der Waals surface area contributed by atoms with Crippen LogP contribution in [0.15, 0.2) is 77.7 Å². The summed E-state index contributed by atoms with van der Waals surface area (Å²) in [5.41, 5.74) is 1.89. The third kappa shape index (κ3) is 3.63. The molecule has 3 heterocycles. The first-order valence-corrected chi connectivity index (χ1v) is 14.9. The van der Waals surface area contributed by atoms with Gasteiger partial charge in [-0.15, -0.1) is 11.3 Å². The van der Waals surface area contributed by atoms with Gasteiger partial charge in [0, 0.05) is 10.8 Å². The molecule has 1 N–H and O–H groups in total. The van der Waals surface area contributed by atoms with E-state index in [-0.39, 0.29) is 41.8 Å². The molecule has 3 aromatic rings. The predicted octanol–water partition coefficient (Wildman–Crippen LogP) is 5.19. The number of hydrogen-bond donors (Lipinski definition) is 1. The highest BCUT2D eigenvalue weighted by Crippen LogP contribution is 2.63. The summed E-state index contributed by atoms with van der Waals surface area (Å²) in [6.45, 7) is 3.94. The summed E-state index contributed by atoms with van der Waals surface area (Å²) in [4.78, 5) is 59.6. The molecule has 208 valence electrons. The van der Waals surface area contributed by atoms with Gasteiger partial charge < -0.3 is 5.11 Å². The van der Waals surface area contributed by atoms with E-state index in [4.69, 9.17) is 0 Å². The number of benzene rings is 2. The van der Waals surface area contributed by atoms with Crippen molar-refractivity contribution in [1.82, 2.24) is 4.90 Å². The average Bonchev–Trinajstić information content (AvgIpc) is 3.62. The first-order chi connectivity index (χ1) is 19.7. The highest BCUT2D eigenvalue weighted by atomic mass is 32.1. The minimum absolute atomic E-state index is 0.154. The van der Waals surface area contributed by atoms with Crippen LogP contribution < -0.4 is 4.90 Å². The molecule has 4 aliphatic rings. The van der Waals surface area contributed by atoms with E-state index in [0.717, 1.165) is 16.0 Å². The maximum Gasteiger partial charge on any atom is 0.241 e. The summed E-state index contributed by atoms with van der Waals surface area (Å²) in [7, 11) is 0. The lowest BCUT2D eigenvalue weighted by atomic mass is 9.51. The van der Waals surface area contributed by atoms with Crippen LogP contribution in [-0.2, 0) is 25.7 Å². The van der Waals surface area contributed by atoms with Crippen LogP contribution in [0.3, 0.4) is 0 Å². The number of likely N-dealkylation sites (tertiary alicyclic amines) is 1. The average molecular weight is 567 g/mol. The number of anilines is 1. The van der Waals surface area contributed by atoms with Gasteiger partial charge in [-0.1, -0.05) is 48.0 Å². The van der Waals surface area contributed by atoms with Crippen molar-refractivity contribution in [2.24, 2.45) is 29.1 Å². The van der Waals surface area contributed by atoms with Gasteiger partial charge in [-0.25, -0.2) is 4.90 Å². The van der Waals surface area contributed by atoms with E-state index in [1.54, 1.807) is 30.3 Å². The molecule has 0 spiro atoms. The van der Waals surface area contributed by atoms with Crippen molar-refractivity contribution in [3.8, 4) is 5.75 Å². The van der Waals surface area contributed by atoms with Crippen LogP contribution in [-0.4, -0.2) is 33.6 Å². The number of para-hydroxylation sites is 1. The maximum absolute atomic E-state index is 14.4. The Kier molecular flexibility index (Phi) is 5.84. The highest BCUT2D eigenvalue weighted by Gasteiger charge is 2.67. The molecule has 2 aliphatic heterocycles. The number of thiophene rings is 1. The fourth-order valence-corrected chi connectivity index (χ4v) is 8.55. The Bertz CT molecular complexity index is 1630. The zero-order valence-corrected chi connectivity index (χ0v) is 23.6. The molecular weight excluding hydrogens is 536 g/mol. The van der Waals surface area contributed by atoms with Crippen LogP contribution >= 0.6 is 11.3 Å². The van der Waals surface area contributed by atoms with E-state index in [0.29, 0.717) is 24.1 Å². The molecule has 1 aromatic heterocycles. The summed E-state index contributed by atoms with van der Waals surface area (Å²) in [5, 5.41) is 12.2. The van der Waals surface area contributed by atoms with E-state index in [1.807, 2.05) is 49.6 Å². The number of aromatic hydroxyl groups is 1. The maximum atomic E-state index is 14.4. The molecule has 2 saturated heterocycles. The smallest absolute Gasteiger partial charge is 0.241 e. The number of rotatable bonds is 4. The van der Waals surface area contributed by atoms with Gasteiger partial charge in [0.2, 0.25) is 23.6 Å². The lowest BCUT2D eigenvalue weighted by molar-refractivity contribution is -0.141. The molecule has 0 radical (unpaired) electrons. The van der Waals surface area contributed by atoms with Crippen LogP contribution in [0.2, 0.25) is 0 Å². The van der Waals surface area contributed by atoms with Gasteiger partial charge >= 0.3 is 0 Å². The molecule has 6 atom stereocenters. The zero-order chi connectivity index (χ0) is 28.6. The van der Waals surface area contributed by atoms with Crippen molar-refractivity contribution in [3.05, 3.63) is 93.7 Å². The van der Waals surface area contributed by atoms with Crippen molar-refractivity contribution < 1.29 is 24.3 Å². The number of carbonyl (C=O) groups excluding carboxylic acids is 4. The van der Waals surface area contributed by atoms with Crippen molar-refractivity contribution in [2.75, 3.05) is 4.90 Å². The molecule has 0 bridgehead atoms. The summed E-state index contributed by atoms with van der Waals surface area (Å²) < 4.78 is 0. The number of aryl methyl sites for hydroxylation is 1. The number of allylic oxidation sites excluding steroid dienone is 2. The second-order valence-corrected chi connectivity index (χ2v) is 12.9. The quantitative estimate of drug-likeness (QED) is 0.346. The van der Waals surface area contributed by atoms with Crippen molar-refractivity contribution in [3.63, 3.8) is 0 Å². The molecule has 7 rings (SSSR count). The molecule has 2 aliphatic carbocycles. The van der Waals surface area contributed by atoms with Gasteiger partial charge in [0.15, 0.2) is 0 Å². The number of fused-ring (bicyclic) bond motifs is 4. The molecule has 7 nitrogen and oxygen atoms in total. The standard InChI is InChI=1S/C33H30N2O5S/c1-18-15-19(10-13-26(18)36)28-22-11-12-23-27(31(39)34(29(23)37)17-21-9-6-14-41-21)24(22)16-25-30(38)35(32(40)33(25,28)2)20-7-4-3-5-8-20/h3-11,13-15,23-25,27-28,36H,12,16-17H2,1-2H3/t23-,24+,25-,27-,28-,33+/m0/s1. The number of phenols is 1. The lowest BCUT2D eigenvalue weighted by Gasteiger charge is -2.49. The fourth-order valence-electron chi connectivity index (χ4n) is 7.86. The third-order valence-electron chi connectivity index (χ3n) is 9.83. The summed E-state index contributed by atoms with van der Waals surface area (Å²) in [6, 6.07) is 18.1. The Hall–Kier alpha value is -4.04. The summed E-state index contributed by atoms with van der Waals surface area (Å²) >= 11 is 1.51. The normalized spacial score (nSPS) is 30.8. The van der Waals surface area contributed by atoms with E-state index in [9.17, 15) is 24.3 Å². The number of imide groups is 2. The molecule has 3 fully saturated rings. The van der Waals surface area contributed by atoms with Gasteiger partial charge in [-0.2, -0.15) is 0 Å². The second kappa shape index (κ2) is 9.24. The van der Waals surface area contributed by atoms with Crippen LogP contribution in [0.1, 0.15) is 41.7 Å². The van der Waals surface area contributed by atoms with Gasteiger partial charge in [0.05, 0.1) is 35.4 Å². The molecule has 1 saturated carbocycles. The van der Waals surface area contributed by atoms with Crippen LogP contribution in [0.5, 0.6) is 5.75 Å². The summed E-state index contributed by atoms with van der Waals surface area (Å²) in [5.74, 6) is -3.25. The van der Waals surface area contributed by atoms with E-state index in [1.165, 1.54) is 21.1 Å². The molecule has 2 aromatic carbocycles. The Morgan fingerprint density at radius 3 is 2.44 bits per heavy atom. The topological polar surface area (TPSA) is 95.0 Å². The number of amides is 4. The van der Waals surface area contributed by atoms with Crippen molar-refractivity contribution in [2.45, 2.75) is 39.2 Å². The molecule has 8 heteroatoms. The highest BCUT2D eigenvalue weighted by molar-refractivity contribution is 7.09. The van der Waals surface area contributed by atoms with Crippen molar-refractivity contribution in [1.29, 1.82) is 0 Å². The Morgan fingerprint density at radius 1 is 0.951 bits per heavy atom. The largest absolute Gasteiger partial charge is 0.508 e. The number of carbonyl (C=O) groups is 4. The minimum Gasteiger partial charge on any atom is -0.508 e. The fraction of sp³-hybridized carbons (Fsp3) is 0.333. The zero-order valence-electron chi connectivity index (χ0n) is 22.8. The Morgan fingerprint density at radius 2 is 1.73 bits per heavy atom. The number of phenolic OH excluding ortho intramolecular Hbond substituents is 1. The number of nitrogens with zero attached hydrogens (tertiary/aromatic N) is 2. The monoisotopic (exact) mass is 566 g/mol. The predicted molar refractivity (Wildman–Crippen MR) is 154 cm³/mol. The first-order valence-electron chi connectivity index (χ1n) is 14.0. The van der Waals surface area contributed by atoms with Crippen LogP contribution in [0.4, 0.5) is 5.69 Å². The van der Waals surface area contributed by atoms with E-state index in [2.05, 4.69) is 6.08 Å². The molecular formula is C33H30N2O5S. The van der Waals surface area contributed by atoms with Gasteiger partial charge in [-0.05, 0) is 73.4 Å². The SMILES string of the molecule is Cc1cc([C@H]2C3=CC[C@@H]4C(=O)N(Cc5cccs5)C(=O)[C@@H]4[C@@H]3C[C@H]3C(=O)N(c4ccccc4)C(=O)[C@@]23C)ccc1O. The van der Waals surface area contributed by atoms with Gasteiger partial charge in [0.25, 0.3) is 0 Å². The van der Waals surface area contributed by atoms with E-state index < -0.39 is 29.1 Å². The van der Waals surface area contributed by atoms with Gasteiger partial charge in [-0.3, -0.25) is 24.1 Å². The van der Waals surface area contributed by atoms with Crippen molar-refractivity contribution >= 4 is 40.7 Å². The van der Waals surface area contributed by atoms with Crippen LogP contribution in [0, 0.1) is 36.0 Å². The lowest BCUT2D eigenvalue weighted by Crippen LogP contribution is -2.48. The third-order valence-corrected chi connectivity index (χ3v) is 10.7. The van der Waals surface area contributed by atoms with Crippen LogP contribution in [0.25, 0.3) is 0 Å². The molecule has 4 amide bonds. The Balaban J connectivity index is 1.35. The molecule has 0 unspecified atom stereocenters. The minimum atomic E-state index is -1.09. The van der Waals surface area contributed by atoms with E-state index >= 15 is 0 Å². The summed E-state index contributed by atoms with van der Waals surface area (Å²) in [6.07, 6.45) is 2.81. The Labute approximate surface area is 242 Å². The second-order valence-electron chi connectivity index (χ2n) is 11.9. The number of hydrogen-bond acceptors (Lipinski definition) is 6. The molecule has 41 heavy (non-hydrogen) atoms. The first kappa shape index (κ1) is 25.9.